The van der Waals surface area contributed by atoms with E-state index in [2.05, 4.69) is 20.3 Å². The first-order chi connectivity index (χ1) is 7.27. The van der Waals surface area contributed by atoms with E-state index in [1.54, 1.807) is 0 Å². The van der Waals surface area contributed by atoms with Crippen LogP contribution < -0.4 is 10.6 Å². The summed E-state index contributed by atoms with van der Waals surface area (Å²) in [6.45, 7) is 0.676. The fourth-order valence-corrected chi connectivity index (χ4v) is 1.47. The number of nitrogens with zero attached hydrogens (tertiary/aromatic N) is 1. The van der Waals surface area contributed by atoms with Crippen molar-refractivity contribution in [2.45, 2.75) is 18.9 Å². The molecule has 6 nitrogen and oxygen atoms in total. The second-order valence-electron chi connectivity index (χ2n) is 3.34. The minimum atomic E-state index is -0.456. The summed E-state index contributed by atoms with van der Waals surface area (Å²) in [5.41, 5.74) is 0.188. The smallest absolute Gasteiger partial charge is 0.274 e. The number of amides is 2. The van der Waals surface area contributed by atoms with Crippen LogP contribution >= 0.6 is 0 Å². The van der Waals surface area contributed by atoms with Crippen LogP contribution in [0.3, 0.4) is 0 Å². The minimum Gasteiger partial charge on any atom is -0.364 e. The van der Waals surface area contributed by atoms with Crippen LogP contribution in [-0.2, 0) is 4.79 Å². The maximum Gasteiger partial charge on any atom is 0.274 e. The van der Waals surface area contributed by atoms with E-state index in [-0.39, 0.29) is 17.5 Å². The molecule has 80 valence electrons. The van der Waals surface area contributed by atoms with Gasteiger partial charge in [-0.1, -0.05) is 5.16 Å². The van der Waals surface area contributed by atoms with Crippen molar-refractivity contribution < 1.29 is 14.1 Å². The first-order valence-electron chi connectivity index (χ1n) is 4.76. The number of hydrogen-bond acceptors (Lipinski definition) is 4. The van der Waals surface area contributed by atoms with Gasteiger partial charge in [0.1, 0.15) is 12.3 Å². The molecule has 1 unspecified atom stereocenters. The monoisotopic (exact) mass is 209 g/mol. The number of piperidine rings is 1. The quantitative estimate of drug-likeness (QED) is 0.699. The lowest BCUT2D eigenvalue weighted by Gasteiger charge is -2.22. The largest absolute Gasteiger partial charge is 0.364 e. The van der Waals surface area contributed by atoms with Crippen molar-refractivity contribution in [3.05, 3.63) is 18.0 Å². The van der Waals surface area contributed by atoms with Gasteiger partial charge in [0.2, 0.25) is 5.91 Å². The Hall–Kier alpha value is -1.85. The summed E-state index contributed by atoms with van der Waals surface area (Å²) in [7, 11) is 0. The molecule has 15 heavy (non-hydrogen) atoms. The van der Waals surface area contributed by atoms with Gasteiger partial charge in [-0.3, -0.25) is 9.59 Å². The van der Waals surface area contributed by atoms with Crippen LogP contribution in [-0.4, -0.2) is 29.6 Å². The van der Waals surface area contributed by atoms with Crippen LogP contribution in [0, 0.1) is 0 Å². The Morgan fingerprint density at radius 3 is 3.20 bits per heavy atom. The molecule has 0 spiro atoms. The van der Waals surface area contributed by atoms with Crippen molar-refractivity contribution in [2.24, 2.45) is 0 Å². The van der Waals surface area contributed by atoms with Gasteiger partial charge in [-0.05, 0) is 12.8 Å². The Morgan fingerprint density at radius 2 is 2.53 bits per heavy atom. The summed E-state index contributed by atoms with van der Waals surface area (Å²) < 4.78 is 4.54. The van der Waals surface area contributed by atoms with E-state index in [1.165, 1.54) is 12.3 Å². The van der Waals surface area contributed by atoms with Gasteiger partial charge in [-0.25, -0.2) is 0 Å². The minimum absolute atomic E-state index is 0.141. The van der Waals surface area contributed by atoms with Crippen LogP contribution in [0.25, 0.3) is 0 Å². The molecule has 1 saturated heterocycles. The molecule has 0 aliphatic carbocycles. The van der Waals surface area contributed by atoms with Crippen LogP contribution in [0.15, 0.2) is 16.9 Å². The van der Waals surface area contributed by atoms with Crippen LogP contribution in [0.5, 0.6) is 0 Å². The molecule has 0 radical (unpaired) electrons. The van der Waals surface area contributed by atoms with E-state index in [0.29, 0.717) is 13.0 Å². The number of carbonyl (C=O) groups excluding carboxylic acids is 2. The molecule has 2 amide bonds. The second-order valence-corrected chi connectivity index (χ2v) is 3.34. The van der Waals surface area contributed by atoms with Gasteiger partial charge < -0.3 is 15.2 Å². The zero-order valence-corrected chi connectivity index (χ0v) is 8.03. The van der Waals surface area contributed by atoms with E-state index in [1.807, 2.05) is 0 Å². The first-order valence-corrected chi connectivity index (χ1v) is 4.76. The van der Waals surface area contributed by atoms with Crippen molar-refractivity contribution in [3.8, 4) is 0 Å². The standard InChI is InChI=1S/C9H11N3O3/c13-8-6(2-1-4-10-8)11-9(14)7-3-5-15-12-7/h3,5-6H,1-2,4H2,(H,10,13)(H,11,14). The third-order valence-corrected chi connectivity index (χ3v) is 2.26. The third kappa shape index (κ3) is 2.15. The highest BCUT2D eigenvalue weighted by Crippen LogP contribution is 2.04. The van der Waals surface area contributed by atoms with E-state index >= 15 is 0 Å². The van der Waals surface area contributed by atoms with E-state index in [9.17, 15) is 9.59 Å². The highest BCUT2D eigenvalue weighted by atomic mass is 16.5. The molecular weight excluding hydrogens is 198 g/mol. The molecule has 0 bridgehead atoms. The average molecular weight is 209 g/mol. The lowest BCUT2D eigenvalue weighted by Crippen LogP contribution is -2.50. The second kappa shape index (κ2) is 4.12. The van der Waals surface area contributed by atoms with Crippen molar-refractivity contribution in [1.82, 2.24) is 15.8 Å². The van der Waals surface area contributed by atoms with Crippen LogP contribution in [0.2, 0.25) is 0 Å². The number of nitrogens with one attached hydrogen (secondary N) is 2. The molecule has 1 aromatic heterocycles. The van der Waals surface area contributed by atoms with Crippen LogP contribution in [0.4, 0.5) is 0 Å². The van der Waals surface area contributed by atoms with Gasteiger partial charge in [0.15, 0.2) is 5.69 Å². The lowest BCUT2D eigenvalue weighted by atomic mass is 10.1. The van der Waals surface area contributed by atoms with Crippen LogP contribution in [0.1, 0.15) is 23.3 Å². The molecule has 2 N–H and O–H groups in total. The summed E-state index contributed by atoms with van der Waals surface area (Å²) in [6, 6.07) is 0.999. The number of hydrogen-bond donors (Lipinski definition) is 2. The van der Waals surface area contributed by atoms with Gasteiger partial charge in [0, 0.05) is 12.6 Å². The molecule has 0 saturated carbocycles. The van der Waals surface area contributed by atoms with E-state index in [4.69, 9.17) is 0 Å². The summed E-state index contributed by atoms with van der Waals surface area (Å²) in [4.78, 5) is 22.8. The number of rotatable bonds is 2. The topological polar surface area (TPSA) is 84.2 Å². The predicted octanol–water partition coefficient (Wildman–Crippen LogP) is -0.317. The lowest BCUT2D eigenvalue weighted by molar-refractivity contribution is -0.124. The summed E-state index contributed by atoms with van der Waals surface area (Å²) >= 11 is 0. The Morgan fingerprint density at radius 1 is 1.67 bits per heavy atom. The fraction of sp³-hybridized carbons (Fsp3) is 0.444. The maximum absolute atomic E-state index is 11.5. The molecule has 2 rings (SSSR count). The molecule has 6 heteroatoms. The molecular formula is C9H11N3O3. The Labute approximate surface area is 86.0 Å². The van der Waals surface area contributed by atoms with Gasteiger partial charge >= 0.3 is 0 Å². The summed E-state index contributed by atoms with van der Waals surface area (Å²) in [5, 5.41) is 8.77. The van der Waals surface area contributed by atoms with Crippen molar-refractivity contribution in [1.29, 1.82) is 0 Å². The van der Waals surface area contributed by atoms with Gasteiger partial charge in [0.05, 0.1) is 0 Å². The number of aromatic nitrogens is 1. The van der Waals surface area contributed by atoms with E-state index in [0.717, 1.165) is 6.42 Å². The first kappa shape index (κ1) is 9.70. The Bertz CT molecular complexity index is 361. The molecule has 1 aliphatic heterocycles. The highest BCUT2D eigenvalue weighted by Gasteiger charge is 2.24. The van der Waals surface area contributed by atoms with Crippen molar-refractivity contribution >= 4 is 11.8 Å². The Kier molecular flexibility index (Phi) is 2.66. The average Bonchev–Trinajstić information content (AvgIpc) is 2.74. The molecule has 1 aliphatic rings. The van der Waals surface area contributed by atoms with Gasteiger partial charge in [-0.15, -0.1) is 0 Å². The zero-order valence-electron chi connectivity index (χ0n) is 8.03. The van der Waals surface area contributed by atoms with Gasteiger partial charge in [0.25, 0.3) is 5.91 Å². The predicted molar refractivity (Wildman–Crippen MR) is 50.0 cm³/mol. The van der Waals surface area contributed by atoms with Crippen molar-refractivity contribution in [3.63, 3.8) is 0 Å². The third-order valence-electron chi connectivity index (χ3n) is 2.26. The summed E-state index contributed by atoms with van der Waals surface area (Å²) in [5.74, 6) is -0.524. The molecule has 0 aromatic carbocycles. The maximum atomic E-state index is 11.5. The molecule has 1 atom stereocenters. The molecule has 1 aromatic rings. The van der Waals surface area contributed by atoms with E-state index < -0.39 is 6.04 Å². The zero-order chi connectivity index (χ0) is 10.7. The normalized spacial score (nSPS) is 20.8. The summed E-state index contributed by atoms with van der Waals surface area (Å²) in [6.07, 6.45) is 2.85. The molecule has 1 fully saturated rings. The molecule has 2 heterocycles. The highest BCUT2D eigenvalue weighted by molar-refractivity contribution is 5.96. The fourth-order valence-electron chi connectivity index (χ4n) is 1.47. The van der Waals surface area contributed by atoms with Crippen molar-refractivity contribution in [2.75, 3.05) is 6.54 Å². The Balaban J connectivity index is 1.96. The SMILES string of the molecule is O=C(NC1CCCNC1=O)c1ccon1. The van der Waals surface area contributed by atoms with Gasteiger partial charge in [-0.2, -0.15) is 0 Å². The number of carbonyl (C=O) groups is 2.